The highest BCUT2D eigenvalue weighted by Gasteiger charge is 1.97. The van der Waals surface area contributed by atoms with Gasteiger partial charge in [-0.1, -0.05) is 0 Å². The van der Waals surface area contributed by atoms with Crippen molar-refractivity contribution in [1.29, 1.82) is 0 Å². The molecule has 0 fully saturated rings. The van der Waals surface area contributed by atoms with Crippen LogP contribution in [-0.2, 0) is 0 Å². The molecule has 2 aromatic heterocycles. The van der Waals surface area contributed by atoms with Gasteiger partial charge in [0.2, 0.25) is 0 Å². The summed E-state index contributed by atoms with van der Waals surface area (Å²) >= 11 is 2.23. The van der Waals surface area contributed by atoms with Crippen molar-refractivity contribution >= 4 is 33.6 Å². The first-order valence-electron chi connectivity index (χ1n) is 3.08. The molecule has 0 bridgehead atoms. The lowest BCUT2D eigenvalue weighted by atomic mass is 10.4. The lowest BCUT2D eigenvalue weighted by molar-refractivity contribution is 1.19. The van der Waals surface area contributed by atoms with Gasteiger partial charge in [-0.15, -0.1) is 0 Å². The van der Waals surface area contributed by atoms with Gasteiger partial charge in [-0.25, -0.2) is 9.97 Å². The molecule has 0 aliphatic rings. The second kappa shape index (κ2) is 2.69. The third-order valence-corrected chi connectivity index (χ3v) is 2.22. The Morgan fingerprint density at radius 1 is 1.27 bits per heavy atom. The minimum absolute atomic E-state index is 0.847. The molecule has 2 rings (SSSR count). The molecule has 11 heavy (non-hydrogen) atoms. The van der Waals surface area contributed by atoms with Crippen LogP contribution in [0.15, 0.2) is 24.8 Å². The molecule has 4 heteroatoms. The van der Waals surface area contributed by atoms with Gasteiger partial charge in [-0.3, -0.25) is 4.98 Å². The molecule has 3 nitrogen and oxygen atoms in total. The number of halogens is 1. The Morgan fingerprint density at radius 2 is 2.18 bits per heavy atom. The van der Waals surface area contributed by atoms with E-state index in [4.69, 9.17) is 0 Å². The Hall–Kier alpha value is -0.780. The van der Waals surface area contributed by atoms with Crippen molar-refractivity contribution in [3.05, 3.63) is 28.4 Å². The zero-order valence-corrected chi connectivity index (χ0v) is 7.69. The quantitative estimate of drug-likeness (QED) is 0.673. The van der Waals surface area contributed by atoms with Gasteiger partial charge in [-0.05, 0) is 28.7 Å². The molecule has 2 aromatic rings. The lowest BCUT2D eigenvalue weighted by Crippen LogP contribution is -1.86. The monoisotopic (exact) mass is 257 g/mol. The van der Waals surface area contributed by atoms with Crippen LogP contribution in [0.3, 0.4) is 0 Å². The van der Waals surface area contributed by atoms with Crippen molar-refractivity contribution in [1.82, 2.24) is 15.0 Å². The standard InChI is InChI=1S/C7H4IN3/c8-5-1-2-10-6-3-9-4-11-7(5)6/h1-4H. The van der Waals surface area contributed by atoms with Gasteiger partial charge >= 0.3 is 0 Å². The maximum absolute atomic E-state index is 4.11. The molecule has 0 unspecified atom stereocenters. The van der Waals surface area contributed by atoms with Crippen molar-refractivity contribution in [3.8, 4) is 0 Å². The fraction of sp³-hybridized carbons (Fsp3) is 0. The van der Waals surface area contributed by atoms with Gasteiger partial charge in [0.25, 0.3) is 0 Å². The fourth-order valence-electron chi connectivity index (χ4n) is 0.863. The minimum atomic E-state index is 0.847. The van der Waals surface area contributed by atoms with Crippen molar-refractivity contribution < 1.29 is 0 Å². The molecule has 0 N–H and O–H groups in total. The van der Waals surface area contributed by atoms with Gasteiger partial charge in [-0.2, -0.15) is 0 Å². The number of hydrogen-bond acceptors (Lipinski definition) is 3. The maximum atomic E-state index is 4.11. The highest BCUT2D eigenvalue weighted by molar-refractivity contribution is 14.1. The van der Waals surface area contributed by atoms with Gasteiger partial charge < -0.3 is 0 Å². The van der Waals surface area contributed by atoms with E-state index >= 15 is 0 Å². The topological polar surface area (TPSA) is 38.7 Å². The number of pyridine rings is 1. The Kier molecular flexibility index (Phi) is 1.69. The van der Waals surface area contributed by atoms with Crippen molar-refractivity contribution in [2.45, 2.75) is 0 Å². The zero-order valence-electron chi connectivity index (χ0n) is 5.53. The average molecular weight is 257 g/mol. The number of aromatic nitrogens is 3. The average Bonchev–Trinajstić information content (AvgIpc) is 2.06. The maximum Gasteiger partial charge on any atom is 0.116 e. The van der Waals surface area contributed by atoms with Crippen LogP contribution in [0.5, 0.6) is 0 Å². The van der Waals surface area contributed by atoms with Crippen LogP contribution < -0.4 is 0 Å². The smallest absolute Gasteiger partial charge is 0.116 e. The van der Waals surface area contributed by atoms with Crippen molar-refractivity contribution in [2.75, 3.05) is 0 Å². The summed E-state index contributed by atoms with van der Waals surface area (Å²) in [6, 6.07) is 1.93. The summed E-state index contributed by atoms with van der Waals surface area (Å²) in [7, 11) is 0. The predicted octanol–water partition coefficient (Wildman–Crippen LogP) is 1.63. The van der Waals surface area contributed by atoms with Crippen LogP contribution in [-0.4, -0.2) is 15.0 Å². The van der Waals surface area contributed by atoms with Gasteiger partial charge in [0, 0.05) is 9.77 Å². The molecule has 0 aromatic carbocycles. The van der Waals surface area contributed by atoms with E-state index in [1.165, 1.54) is 6.33 Å². The van der Waals surface area contributed by atoms with E-state index in [9.17, 15) is 0 Å². The Morgan fingerprint density at radius 3 is 3.00 bits per heavy atom. The first-order chi connectivity index (χ1) is 5.38. The van der Waals surface area contributed by atoms with Crippen LogP contribution in [0.25, 0.3) is 11.0 Å². The molecule has 0 radical (unpaired) electrons. The molecule has 0 aliphatic carbocycles. The van der Waals surface area contributed by atoms with E-state index in [2.05, 4.69) is 37.5 Å². The largest absolute Gasteiger partial charge is 0.253 e. The molecule has 2 heterocycles. The van der Waals surface area contributed by atoms with Crippen LogP contribution in [0, 0.1) is 3.57 Å². The van der Waals surface area contributed by atoms with E-state index < -0.39 is 0 Å². The Labute approximate surface area is 77.0 Å². The molecular weight excluding hydrogens is 253 g/mol. The molecule has 0 aliphatic heterocycles. The second-order valence-electron chi connectivity index (χ2n) is 2.05. The Bertz CT molecular complexity index is 383. The summed E-state index contributed by atoms with van der Waals surface area (Å²) in [5.74, 6) is 0. The number of fused-ring (bicyclic) bond motifs is 1. The third-order valence-electron chi connectivity index (χ3n) is 1.35. The van der Waals surface area contributed by atoms with Crippen molar-refractivity contribution in [3.63, 3.8) is 0 Å². The SMILES string of the molecule is Ic1ccnc2cncnc12. The van der Waals surface area contributed by atoms with Gasteiger partial charge in [0.15, 0.2) is 0 Å². The van der Waals surface area contributed by atoms with Crippen LogP contribution in [0.4, 0.5) is 0 Å². The van der Waals surface area contributed by atoms with E-state index in [-0.39, 0.29) is 0 Å². The summed E-state index contributed by atoms with van der Waals surface area (Å²) < 4.78 is 1.11. The van der Waals surface area contributed by atoms with Crippen LogP contribution >= 0.6 is 22.6 Å². The fourth-order valence-corrected chi connectivity index (χ4v) is 1.44. The first-order valence-corrected chi connectivity index (χ1v) is 4.16. The zero-order chi connectivity index (χ0) is 7.68. The summed E-state index contributed by atoms with van der Waals surface area (Å²) in [6.07, 6.45) is 5.00. The molecule has 0 saturated heterocycles. The molecular formula is C7H4IN3. The first kappa shape index (κ1) is 6.90. The van der Waals surface area contributed by atoms with Crippen molar-refractivity contribution in [2.24, 2.45) is 0 Å². The highest BCUT2D eigenvalue weighted by Crippen LogP contribution is 2.13. The lowest BCUT2D eigenvalue weighted by Gasteiger charge is -1.94. The number of hydrogen-bond donors (Lipinski definition) is 0. The summed E-state index contributed by atoms with van der Waals surface area (Å²) in [4.78, 5) is 12.1. The van der Waals surface area contributed by atoms with Gasteiger partial charge in [0.1, 0.15) is 17.4 Å². The molecule has 0 amide bonds. The third kappa shape index (κ3) is 1.18. The summed E-state index contributed by atoms with van der Waals surface area (Å²) in [5.41, 5.74) is 1.77. The van der Waals surface area contributed by atoms with Gasteiger partial charge in [0.05, 0.1) is 6.20 Å². The second-order valence-corrected chi connectivity index (χ2v) is 3.21. The normalized spacial score (nSPS) is 10.3. The van der Waals surface area contributed by atoms with E-state index in [0.717, 1.165) is 14.6 Å². The van der Waals surface area contributed by atoms with E-state index in [1.807, 2.05) is 6.07 Å². The summed E-state index contributed by atoms with van der Waals surface area (Å²) in [5, 5.41) is 0. The molecule has 0 saturated carbocycles. The Balaban J connectivity index is 2.91. The number of nitrogens with zero attached hydrogens (tertiary/aromatic N) is 3. The van der Waals surface area contributed by atoms with E-state index in [0.29, 0.717) is 0 Å². The molecule has 0 atom stereocenters. The predicted molar refractivity (Wildman–Crippen MR) is 50.1 cm³/mol. The van der Waals surface area contributed by atoms with Crippen LogP contribution in [0.2, 0.25) is 0 Å². The van der Waals surface area contributed by atoms with Crippen LogP contribution in [0.1, 0.15) is 0 Å². The minimum Gasteiger partial charge on any atom is -0.253 e. The summed E-state index contributed by atoms with van der Waals surface area (Å²) in [6.45, 7) is 0. The molecule has 0 spiro atoms. The highest BCUT2D eigenvalue weighted by atomic mass is 127. The molecule has 54 valence electrons. The van der Waals surface area contributed by atoms with E-state index in [1.54, 1.807) is 12.4 Å². The number of rotatable bonds is 0.